The highest BCUT2D eigenvalue weighted by Crippen LogP contribution is 2.26. The summed E-state index contributed by atoms with van der Waals surface area (Å²) in [5, 5.41) is 6.53. The zero-order chi connectivity index (χ0) is 23.3. The number of anilines is 1. The number of piperidine rings is 1. The Morgan fingerprint density at radius 3 is 2.47 bits per heavy atom. The molecule has 1 amide bonds. The standard InChI is InChI=1S/C22H27N3O6S/c1-4-30-22(27)18-11-13-25(14-12-18)32(28,29)19-8-5-17(6-9-19)7-10-20-21(23-16(3)26)15(2)24-31-20/h5-10,18H,4,11-14H2,1-3H3,(H,23,26)/b10-7-. The summed E-state index contributed by atoms with van der Waals surface area (Å²) in [5.41, 5.74) is 1.82. The van der Waals surface area contributed by atoms with Gasteiger partial charge in [-0.05, 0) is 50.5 Å². The van der Waals surface area contributed by atoms with Crippen molar-refractivity contribution in [2.24, 2.45) is 5.92 Å². The van der Waals surface area contributed by atoms with Crippen LogP contribution >= 0.6 is 0 Å². The molecule has 0 atom stereocenters. The van der Waals surface area contributed by atoms with Gasteiger partial charge in [0.05, 0.1) is 17.4 Å². The molecule has 0 aliphatic carbocycles. The van der Waals surface area contributed by atoms with Gasteiger partial charge in [0, 0.05) is 20.0 Å². The first-order valence-electron chi connectivity index (χ1n) is 10.4. The van der Waals surface area contributed by atoms with Crippen LogP contribution in [0, 0.1) is 12.8 Å². The van der Waals surface area contributed by atoms with Gasteiger partial charge < -0.3 is 14.6 Å². The number of hydrogen-bond donors (Lipinski definition) is 1. The highest BCUT2D eigenvalue weighted by molar-refractivity contribution is 7.89. The number of hydrogen-bond acceptors (Lipinski definition) is 7. The number of carbonyl (C=O) groups is 2. The minimum Gasteiger partial charge on any atom is -0.466 e. The van der Waals surface area contributed by atoms with Gasteiger partial charge in [0.2, 0.25) is 15.9 Å². The first-order chi connectivity index (χ1) is 15.2. The Morgan fingerprint density at radius 1 is 1.22 bits per heavy atom. The van der Waals surface area contributed by atoms with E-state index in [2.05, 4.69) is 10.5 Å². The van der Waals surface area contributed by atoms with E-state index in [1.54, 1.807) is 50.3 Å². The number of aryl methyl sites for hydroxylation is 1. The molecule has 1 saturated heterocycles. The smallest absolute Gasteiger partial charge is 0.309 e. The average molecular weight is 462 g/mol. The van der Waals surface area contributed by atoms with E-state index in [-0.39, 0.29) is 35.8 Å². The van der Waals surface area contributed by atoms with Gasteiger partial charge in [-0.3, -0.25) is 9.59 Å². The number of ether oxygens (including phenoxy) is 1. The summed E-state index contributed by atoms with van der Waals surface area (Å²) in [6.07, 6.45) is 4.31. The lowest BCUT2D eigenvalue weighted by Gasteiger charge is -2.30. The molecule has 0 unspecified atom stereocenters. The fourth-order valence-corrected chi connectivity index (χ4v) is 4.96. The zero-order valence-corrected chi connectivity index (χ0v) is 19.1. The van der Waals surface area contributed by atoms with Gasteiger partial charge in [-0.25, -0.2) is 8.42 Å². The van der Waals surface area contributed by atoms with Crippen molar-refractivity contribution in [1.29, 1.82) is 0 Å². The molecule has 1 fully saturated rings. The lowest BCUT2D eigenvalue weighted by Crippen LogP contribution is -2.40. The molecule has 32 heavy (non-hydrogen) atoms. The van der Waals surface area contributed by atoms with Crippen molar-refractivity contribution < 1.29 is 27.3 Å². The largest absolute Gasteiger partial charge is 0.466 e. The summed E-state index contributed by atoms with van der Waals surface area (Å²) in [6, 6.07) is 6.48. The number of sulfonamides is 1. The molecule has 1 aliphatic rings. The van der Waals surface area contributed by atoms with Crippen molar-refractivity contribution in [1.82, 2.24) is 9.46 Å². The predicted molar refractivity (Wildman–Crippen MR) is 119 cm³/mol. The summed E-state index contributed by atoms with van der Waals surface area (Å²) in [4.78, 5) is 23.4. The normalized spacial score (nSPS) is 15.7. The van der Waals surface area contributed by atoms with Crippen LogP contribution in [0.2, 0.25) is 0 Å². The third-order valence-electron chi connectivity index (χ3n) is 5.21. The van der Waals surface area contributed by atoms with Crippen molar-refractivity contribution in [3.63, 3.8) is 0 Å². The topological polar surface area (TPSA) is 119 Å². The number of esters is 1. The van der Waals surface area contributed by atoms with Gasteiger partial charge in [-0.1, -0.05) is 23.4 Å². The second kappa shape index (κ2) is 10.1. The molecule has 0 spiro atoms. The number of rotatable bonds is 7. The fourth-order valence-electron chi connectivity index (χ4n) is 3.49. The second-order valence-electron chi connectivity index (χ2n) is 7.52. The van der Waals surface area contributed by atoms with E-state index in [4.69, 9.17) is 9.26 Å². The molecular formula is C22H27N3O6S. The average Bonchev–Trinajstić information content (AvgIpc) is 3.11. The van der Waals surface area contributed by atoms with Crippen LogP contribution in [0.25, 0.3) is 12.2 Å². The molecule has 10 heteroatoms. The molecule has 1 aliphatic heterocycles. The molecule has 2 heterocycles. The van der Waals surface area contributed by atoms with E-state index in [1.165, 1.54) is 11.2 Å². The summed E-state index contributed by atoms with van der Waals surface area (Å²) in [6.45, 7) is 5.77. The maximum Gasteiger partial charge on any atom is 0.309 e. The lowest BCUT2D eigenvalue weighted by atomic mass is 9.98. The summed E-state index contributed by atoms with van der Waals surface area (Å²) in [5.74, 6) is -0.342. The molecule has 172 valence electrons. The number of benzene rings is 1. The maximum atomic E-state index is 13.0. The Morgan fingerprint density at radius 2 is 1.88 bits per heavy atom. The van der Waals surface area contributed by atoms with Gasteiger partial charge in [0.1, 0.15) is 11.4 Å². The van der Waals surface area contributed by atoms with Gasteiger partial charge in [-0.15, -0.1) is 0 Å². The van der Waals surface area contributed by atoms with Crippen LogP contribution in [-0.4, -0.2) is 49.5 Å². The van der Waals surface area contributed by atoms with Gasteiger partial charge >= 0.3 is 5.97 Å². The second-order valence-corrected chi connectivity index (χ2v) is 9.46. The van der Waals surface area contributed by atoms with Crippen LogP contribution in [0.3, 0.4) is 0 Å². The number of amides is 1. The molecule has 0 saturated carbocycles. The highest BCUT2D eigenvalue weighted by Gasteiger charge is 2.32. The quantitative estimate of drug-likeness (QED) is 0.629. The number of nitrogens with one attached hydrogen (secondary N) is 1. The number of nitrogens with zero attached hydrogens (tertiary/aromatic N) is 2. The van der Waals surface area contributed by atoms with E-state index in [9.17, 15) is 18.0 Å². The molecule has 1 N–H and O–H groups in total. The summed E-state index contributed by atoms with van der Waals surface area (Å²) in [7, 11) is -3.64. The van der Waals surface area contributed by atoms with Crippen LogP contribution in [0.15, 0.2) is 33.7 Å². The molecular weight excluding hydrogens is 434 g/mol. The van der Waals surface area contributed by atoms with Gasteiger partial charge in [-0.2, -0.15) is 4.31 Å². The van der Waals surface area contributed by atoms with Crippen LogP contribution in [0.4, 0.5) is 5.69 Å². The lowest BCUT2D eigenvalue weighted by molar-refractivity contribution is -0.149. The molecule has 2 aromatic rings. The Kier molecular flexibility index (Phi) is 7.47. The number of carbonyl (C=O) groups excluding carboxylic acids is 2. The molecule has 1 aromatic carbocycles. The number of aromatic nitrogens is 1. The Bertz CT molecular complexity index is 1100. The maximum absolute atomic E-state index is 13.0. The van der Waals surface area contributed by atoms with E-state index in [1.807, 2.05) is 0 Å². The van der Waals surface area contributed by atoms with Crippen molar-refractivity contribution in [2.45, 2.75) is 38.5 Å². The highest BCUT2D eigenvalue weighted by atomic mass is 32.2. The minimum absolute atomic E-state index is 0.193. The minimum atomic E-state index is -3.64. The van der Waals surface area contributed by atoms with E-state index in [0.717, 1.165) is 5.56 Å². The molecule has 1 aromatic heterocycles. The predicted octanol–water partition coefficient (Wildman–Crippen LogP) is 3.08. The first kappa shape index (κ1) is 23.7. The monoisotopic (exact) mass is 461 g/mol. The Hall–Kier alpha value is -2.98. The first-order valence-corrected chi connectivity index (χ1v) is 11.8. The third kappa shape index (κ3) is 5.43. The van der Waals surface area contributed by atoms with E-state index < -0.39 is 10.0 Å². The summed E-state index contributed by atoms with van der Waals surface area (Å²) >= 11 is 0. The van der Waals surface area contributed by atoms with E-state index in [0.29, 0.717) is 36.6 Å². The Labute approximate surface area is 187 Å². The van der Waals surface area contributed by atoms with Gasteiger partial charge in [0.15, 0.2) is 5.76 Å². The SMILES string of the molecule is CCOC(=O)C1CCN(S(=O)(=O)c2ccc(/C=C\c3onc(C)c3NC(C)=O)cc2)CC1. The van der Waals surface area contributed by atoms with Crippen molar-refractivity contribution in [3.05, 3.63) is 41.3 Å². The van der Waals surface area contributed by atoms with Gasteiger partial charge in [0.25, 0.3) is 0 Å². The molecule has 3 rings (SSSR count). The molecule has 0 radical (unpaired) electrons. The van der Waals surface area contributed by atoms with Crippen molar-refractivity contribution >= 4 is 39.7 Å². The van der Waals surface area contributed by atoms with E-state index >= 15 is 0 Å². The van der Waals surface area contributed by atoms with Crippen molar-refractivity contribution in [2.75, 3.05) is 25.0 Å². The van der Waals surface area contributed by atoms with Crippen LogP contribution < -0.4 is 5.32 Å². The fraction of sp³-hybridized carbons (Fsp3) is 0.409. The van der Waals surface area contributed by atoms with Crippen LogP contribution in [-0.2, 0) is 24.3 Å². The molecule has 9 nitrogen and oxygen atoms in total. The summed E-state index contributed by atoms with van der Waals surface area (Å²) < 4.78 is 37.6. The third-order valence-corrected chi connectivity index (χ3v) is 7.12. The zero-order valence-electron chi connectivity index (χ0n) is 18.3. The Balaban J connectivity index is 1.67. The van der Waals surface area contributed by atoms with Crippen LogP contribution in [0.1, 0.15) is 43.7 Å². The molecule has 0 bridgehead atoms. The van der Waals surface area contributed by atoms with Crippen molar-refractivity contribution in [3.8, 4) is 0 Å². The van der Waals surface area contributed by atoms with Crippen LogP contribution in [0.5, 0.6) is 0 Å².